The molecule has 0 aliphatic carbocycles. The standard InChI is InChI=1S/C12H19N3S/c1-9(6-7-13)15(3)11(8-14)12-5-4-10(2)16-12/h4-5,9,11H,6,8,14H2,1-3H3. The molecule has 1 aromatic rings. The Morgan fingerprint density at radius 3 is 2.69 bits per heavy atom. The number of rotatable bonds is 5. The van der Waals surface area contributed by atoms with Crippen LogP contribution in [0.2, 0.25) is 0 Å². The van der Waals surface area contributed by atoms with E-state index in [0.717, 1.165) is 0 Å². The van der Waals surface area contributed by atoms with Crippen LogP contribution in [-0.2, 0) is 0 Å². The van der Waals surface area contributed by atoms with Crippen LogP contribution in [0.3, 0.4) is 0 Å². The Hall–Kier alpha value is -0.890. The largest absolute Gasteiger partial charge is 0.329 e. The van der Waals surface area contributed by atoms with E-state index in [4.69, 9.17) is 11.0 Å². The lowest BCUT2D eigenvalue weighted by Crippen LogP contribution is -2.36. The summed E-state index contributed by atoms with van der Waals surface area (Å²) in [6.45, 7) is 4.75. The van der Waals surface area contributed by atoms with Crippen LogP contribution < -0.4 is 5.73 Å². The van der Waals surface area contributed by atoms with Crippen molar-refractivity contribution in [2.75, 3.05) is 13.6 Å². The van der Waals surface area contributed by atoms with Gasteiger partial charge < -0.3 is 5.73 Å². The Bertz CT molecular complexity index is 367. The summed E-state index contributed by atoms with van der Waals surface area (Å²) in [5, 5.41) is 8.71. The predicted octanol–water partition coefficient (Wildman–Crippen LogP) is 2.29. The maximum absolute atomic E-state index is 8.71. The van der Waals surface area contributed by atoms with E-state index in [0.29, 0.717) is 13.0 Å². The Kier molecular flexibility index (Phi) is 4.94. The molecule has 0 radical (unpaired) electrons. The zero-order valence-corrected chi connectivity index (χ0v) is 10.9. The van der Waals surface area contributed by atoms with Crippen molar-refractivity contribution in [3.8, 4) is 6.07 Å². The highest BCUT2D eigenvalue weighted by atomic mass is 32.1. The molecular weight excluding hydrogens is 218 g/mol. The van der Waals surface area contributed by atoms with E-state index >= 15 is 0 Å². The number of nitrogens with two attached hydrogens (primary N) is 1. The molecule has 0 spiro atoms. The molecule has 0 saturated heterocycles. The highest BCUT2D eigenvalue weighted by Gasteiger charge is 2.21. The molecule has 1 rings (SSSR count). The monoisotopic (exact) mass is 237 g/mol. The van der Waals surface area contributed by atoms with Gasteiger partial charge in [0.1, 0.15) is 0 Å². The van der Waals surface area contributed by atoms with E-state index in [1.807, 2.05) is 7.05 Å². The third-order valence-corrected chi connectivity index (χ3v) is 3.99. The lowest BCUT2D eigenvalue weighted by atomic mass is 10.1. The van der Waals surface area contributed by atoms with Gasteiger partial charge in [-0.15, -0.1) is 11.3 Å². The number of nitriles is 1. The summed E-state index contributed by atoms with van der Waals surface area (Å²) in [6.07, 6.45) is 0.539. The van der Waals surface area contributed by atoms with Crippen molar-refractivity contribution in [2.45, 2.75) is 32.4 Å². The maximum Gasteiger partial charge on any atom is 0.0638 e. The summed E-state index contributed by atoms with van der Waals surface area (Å²) < 4.78 is 0. The van der Waals surface area contributed by atoms with E-state index in [2.05, 4.69) is 36.9 Å². The molecule has 88 valence electrons. The minimum absolute atomic E-state index is 0.224. The molecule has 4 heteroatoms. The van der Waals surface area contributed by atoms with Gasteiger partial charge in [0.2, 0.25) is 0 Å². The molecule has 0 aliphatic rings. The van der Waals surface area contributed by atoms with Crippen LogP contribution in [-0.4, -0.2) is 24.5 Å². The highest BCUT2D eigenvalue weighted by Crippen LogP contribution is 2.27. The van der Waals surface area contributed by atoms with E-state index in [9.17, 15) is 0 Å². The van der Waals surface area contributed by atoms with Crippen molar-refractivity contribution in [3.05, 3.63) is 21.9 Å². The average molecular weight is 237 g/mol. The molecule has 2 atom stereocenters. The molecule has 3 nitrogen and oxygen atoms in total. The molecule has 2 unspecified atom stereocenters. The number of aryl methyl sites for hydroxylation is 1. The van der Waals surface area contributed by atoms with Crippen molar-refractivity contribution < 1.29 is 0 Å². The van der Waals surface area contributed by atoms with Crippen LogP contribution in [0, 0.1) is 18.3 Å². The van der Waals surface area contributed by atoms with Gasteiger partial charge in [-0.2, -0.15) is 5.26 Å². The molecular formula is C12H19N3S. The van der Waals surface area contributed by atoms with Crippen LogP contribution in [0.5, 0.6) is 0 Å². The molecule has 0 bridgehead atoms. The fraction of sp³-hybridized carbons (Fsp3) is 0.583. The molecule has 0 saturated carbocycles. The SMILES string of the molecule is Cc1ccc(C(CN)N(C)C(C)CC#N)s1. The molecule has 0 aromatic carbocycles. The van der Waals surface area contributed by atoms with Gasteiger partial charge in [-0.25, -0.2) is 0 Å². The molecule has 1 heterocycles. The van der Waals surface area contributed by atoms with E-state index in [-0.39, 0.29) is 12.1 Å². The van der Waals surface area contributed by atoms with Gasteiger partial charge in [-0.1, -0.05) is 0 Å². The fourth-order valence-corrected chi connectivity index (χ4v) is 2.74. The first-order valence-electron chi connectivity index (χ1n) is 5.45. The number of likely N-dealkylation sites (N-methyl/N-ethyl adjacent to an activating group) is 1. The quantitative estimate of drug-likeness (QED) is 0.855. The lowest BCUT2D eigenvalue weighted by Gasteiger charge is -2.30. The summed E-state index contributed by atoms with van der Waals surface area (Å²) in [4.78, 5) is 4.77. The Balaban J connectivity index is 2.78. The second kappa shape index (κ2) is 6.00. The van der Waals surface area contributed by atoms with Crippen LogP contribution >= 0.6 is 11.3 Å². The van der Waals surface area contributed by atoms with Gasteiger partial charge in [-0.3, -0.25) is 4.90 Å². The van der Waals surface area contributed by atoms with Gasteiger partial charge in [0.05, 0.1) is 18.5 Å². The number of hydrogen-bond donors (Lipinski definition) is 1. The third kappa shape index (κ3) is 3.05. The molecule has 0 amide bonds. The van der Waals surface area contributed by atoms with Crippen molar-refractivity contribution in [1.29, 1.82) is 5.26 Å². The first-order valence-corrected chi connectivity index (χ1v) is 6.27. The van der Waals surface area contributed by atoms with Gasteiger partial charge in [-0.05, 0) is 33.0 Å². The summed E-state index contributed by atoms with van der Waals surface area (Å²) >= 11 is 1.78. The zero-order chi connectivity index (χ0) is 12.1. The number of nitrogens with zero attached hydrogens (tertiary/aromatic N) is 2. The summed E-state index contributed by atoms with van der Waals surface area (Å²) in [5.41, 5.74) is 5.83. The Morgan fingerprint density at radius 2 is 2.25 bits per heavy atom. The van der Waals surface area contributed by atoms with Crippen LogP contribution in [0.15, 0.2) is 12.1 Å². The minimum atomic E-state index is 0.224. The van der Waals surface area contributed by atoms with E-state index in [1.54, 1.807) is 11.3 Å². The van der Waals surface area contributed by atoms with Crippen LogP contribution in [0.1, 0.15) is 29.1 Å². The van der Waals surface area contributed by atoms with Crippen LogP contribution in [0.4, 0.5) is 0 Å². The second-order valence-electron chi connectivity index (χ2n) is 4.08. The summed E-state index contributed by atoms with van der Waals surface area (Å²) in [7, 11) is 2.04. The van der Waals surface area contributed by atoms with Crippen molar-refractivity contribution in [1.82, 2.24) is 4.90 Å². The van der Waals surface area contributed by atoms with Crippen molar-refractivity contribution in [2.24, 2.45) is 5.73 Å². The lowest BCUT2D eigenvalue weighted by molar-refractivity contribution is 0.194. The molecule has 0 aliphatic heterocycles. The molecule has 0 fully saturated rings. The van der Waals surface area contributed by atoms with Gasteiger partial charge >= 0.3 is 0 Å². The first-order chi connectivity index (χ1) is 7.60. The second-order valence-corrected chi connectivity index (χ2v) is 5.40. The normalized spacial score (nSPS) is 14.8. The minimum Gasteiger partial charge on any atom is -0.329 e. The maximum atomic E-state index is 8.71. The Morgan fingerprint density at radius 1 is 1.56 bits per heavy atom. The van der Waals surface area contributed by atoms with Crippen LogP contribution in [0.25, 0.3) is 0 Å². The summed E-state index contributed by atoms with van der Waals surface area (Å²) in [5.74, 6) is 0. The van der Waals surface area contributed by atoms with Gasteiger partial charge in [0, 0.05) is 22.3 Å². The highest BCUT2D eigenvalue weighted by molar-refractivity contribution is 7.12. The first kappa shape index (κ1) is 13.2. The van der Waals surface area contributed by atoms with E-state index < -0.39 is 0 Å². The molecule has 1 aromatic heterocycles. The number of hydrogen-bond acceptors (Lipinski definition) is 4. The smallest absolute Gasteiger partial charge is 0.0638 e. The Labute approximate surface area is 101 Å². The van der Waals surface area contributed by atoms with E-state index in [1.165, 1.54) is 9.75 Å². The molecule has 2 N–H and O–H groups in total. The third-order valence-electron chi connectivity index (χ3n) is 2.89. The fourth-order valence-electron chi connectivity index (χ4n) is 1.70. The molecule has 16 heavy (non-hydrogen) atoms. The predicted molar refractivity (Wildman–Crippen MR) is 68.3 cm³/mol. The summed E-state index contributed by atoms with van der Waals surface area (Å²) in [6, 6.07) is 6.91. The number of thiophene rings is 1. The topological polar surface area (TPSA) is 53.0 Å². The van der Waals surface area contributed by atoms with Gasteiger partial charge in [0.15, 0.2) is 0 Å². The zero-order valence-electron chi connectivity index (χ0n) is 10.1. The van der Waals surface area contributed by atoms with Gasteiger partial charge in [0.25, 0.3) is 0 Å². The van der Waals surface area contributed by atoms with Crippen molar-refractivity contribution in [3.63, 3.8) is 0 Å². The van der Waals surface area contributed by atoms with Crippen molar-refractivity contribution >= 4 is 11.3 Å². The average Bonchev–Trinajstić information content (AvgIpc) is 2.66.